The lowest BCUT2D eigenvalue weighted by Crippen LogP contribution is -2.38. The number of carbonyl (C=O) groups excluding carboxylic acids is 2. The van der Waals surface area contributed by atoms with Crippen molar-refractivity contribution in [2.24, 2.45) is 0 Å². The summed E-state index contributed by atoms with van der Waals surface area (Å²) >= 11 is 0. The molecule has 1 amide bonds. The number of methoxy groups -OCH3 is 1. The summed E-state index contributed by atoms with van der Waals surface area (Å²) in [6.07, 6.45) is 0. The van der Waals surface area contributed by atoms with Gasteiger partial charge in [0.2, 0.25) is 0 Å². The maximum absolute atomic E-state index is 13.3. The molecule has 1 fully saturated rings. The van der Waals surface area contributed by atoms with Gasteiger partial charge in [0.15, 0.2) is 0 Å². The van der Waals surface area contributed by atoms with Gasteiger partial charge in [0.25, 0.3) is 11.7 Å². The molecule has 3 rings (SSSR count). The zero-order valence-electron chi connectivity index (χ0n) is 22.0. The molecule has 1 N–H and O–H groups in total. The average Bonchev–Trinajstić information content (AvgIpc) is 3.08. The Bertz CT molecular complexity index is 1130. The predicted molar refractivity (Wildman–Crippen MR) is 140 cm³/mol. The quantitative estimate of drug-likeness (QED) is 0.326. The lowest BCUT2D eigenvalue weighted by Gasteiger charge is -2.28. The van der Waals surface area contributed by atoms with Gasteiger partial charge in [-0.15, -0.1) is 0 Å². The van der Waals surface area contributed by atoms with Crippen molar-refractivity contribution in [1.29, 1.82) is 0 Å². The van der Waals surface area contributed by atoms with Gasteiger partial charge in [-0.3, -0.25) is 9.59 Å². The maximum Gasteiger partial charge on any atom is 0.295 e. The van der Waals surface area contributed by atoms with E-state index >= 15 is 0 Å². The van der Waals surface area contributed by atoms with Crippen molar-refractivity contribution >= 4 is 17.4 Å². The fourth-order valence-electron chi connectivity index (χ4n) is 4.68. The molecule has 1 saturated heterocycles. The molecule has 1 aliphatic heterocycles. The Morgan fingerprint density at radius 1 is 1.09 bits per heavy atom. The number of hydrogen-bond donors (Lipinski definition) is 1. The number of amides is 1. The van der Waals surface area contributed by atoms with Crippen molar-refractivity contribution in [3.63, 3.8) is 0 Å². The number of nitrogens with zero attached hydrogens (tertiary/aromatic N) is 2. The van der Waals surface area contributed by atoms with E-state index in [0.29, 0.717) is 24.4 Å². The molecule has 2 aromatic rings. The molecule has 1 unspecified atom stereocenters. The second-order valence-electron chi connectivity index (χ2n) is 10.1. The molecular formula is C29H38N2O4. The van der Waals surface area contributed by atoms with E-state index in [2.05, 4.69) is 39.5 Å². The summed E-state index contributed by atoms with van der Waals surface area (Å²) < 4.78 is 5.53. The van der Waals surface area contributed by atoms with Crippen LogP contribution in [0.15, 0.2) is 48.0 Å². The molecule has 0 bridgehead atoms. The first-order chi connectivity index (χ1) is 16.5. The van der Waals surface area contributed by atoms with E-state index in [1.54, 1.807) is 24.1 Å². The fourth-order valence-corrected chi connectivity index (χ4v) is 4.68. The Hall–Kier alpha value is -3.12. The normalized spacial score (nSPS) is 17.9. The predicted octanol–water partition coefficient (Wildman–Crippen LogP) is 5.06. The summed E-state index contributed by atoms with van der Waals surface area (Å²) in [7, 11) is 1.61. The van der Waals surface area contributed by atoms with E-state index in [1.807, 2.05) is 37.3 Å². The van der Waals surface area contributed by atoms with Gasteiger partial charge >= 0.3 is 0 Å². The number of ketones is 1. The second-order valence-corrected chi connectivity index (χ2v) is 10.1. The van der Waals surface area contributed by atoms with Crippen molar-refractivity contribution in [3.05, 3.63) is 70.3 Å². The number of aliphatic hydroxyl groups is 1. The third-order valence-corrected chi connectivity index (χ3v) is 6.73. The number of aliphatic hydroxyl groups excluding tert-OH is 1. The number of rotatable bonds is 8. The van der Waals surface area contributed by atoms with Crippen molar-refractivity contribution in [3.8, 4) is 5.75 Å². The molecule has 1 aliphatic rings. The molecule has 6 heteroatoms. The number of Topliss-reactive ketones (excluding diaryl/α,β-unsaturated/α-hetero) is 1. The third kappa shape index (κ3) is 5.43. The third-order valence-electron chi connectivity index (χ3n) is 6.73. The minimum absolute atomic E-state index is 0.130. The smallest absolute Gasteiger partial charge is 0.295 e. The Morgan fingerprint density at radius 3 is 2.34 bits per heavy atom. The van der Waals surface area contributed by atoms with Crippen LogP contribution in [0.2, 0.25) is 0 Å². The van der Waals surface area contributed by atoms with Gasteiger partial charge in [-0.25, -0.2) is 0 Å². The largest absolute Gasteiger partial charge is 0.507 e. The Kier molecular flexibility index (Phi) is 8.06. The molecule has 6 nitrogen and oxygen atoms in total. The van der Waals surface area contributed by atoms with E-state index in [1.165, 1.54) is 0 Å². The van der Waals surface area contributed by atoms with Crippen LogP contribution in [-0.2, 0) is 15.0 Å². The number of aryl methyl sites for hydroxylation is 1. The van der Waals surface area contributed by atoms with Gasteiger partial charge in [-0.05, 0) is 49.2 Å². The first-order valence-electron chi connectivity index (χ1n) is 12.3. The molecule has 188 valence electrons. The van der Waals surface area contributed by atoms with Crippen LogP contribution in [0.1, 0.15) is 62.9 Å². The highest BCUT2D eigenvalue weighted by atomic mass is 16.5. The van der Waals surface area contributed by atoms with E-state index < -0.39 is 17.7 Å². The molecule has 0 spiro atoms. The number of ether oxygens (including phenoxy) is 1. The van der Waals surface area contributed by atoms with Gasteiger partial charge in [0, 0.05) is 24.2 Å². The van der Waals surface area contributed by atoms with Gasteiger partial charge in [0.05, 0.1) is 18.7 Å². The Balaban J connectivity index is 2.17. The Morgan fingerprint density at radius 2 is 1.77 bits per heavy atom. The van der Waals surface area contributed by atoms with Gasteiger partial charge in [-0.1, -0.05) is 64.4 Å². The molecule has 35 heavy (non-hydrogen) atoms. The van der Waals surface area contributed by atoms with Crippen molar-refractivity contribution < 1.29 is 19.4 Å². The number of likely N-dealkylation sites (N-methyl/N-ethyl adjacent to an activating group) is 1. The zero-order valence-corrected chi connectivity index (χ0v) is 22.0. The molecule has 0 saturated carbocycles. The lowest BCUT2D eigenvalue weighted by atomic mass is 9.84. The first-order valence-corrected chi connectivity index (χ1v) is 12.3. The minimum Gasteiger partial charge on any atom is -0.507 e. The highest BCUT2D eigenvalue weighted by molar-refractivity contribution is 6.46. The monoisotopic (exact) mass is 478 g/mol. The van der Waals surface area contributed by atoms with Crippen molar-refractivity contribution in [2.75, 3.05) is 33.3 Å². The molecule has 1 heterocycles. The van der Waals surface area contributed by atoms with Gasteiger partial charge in [0.1, 0.15) is 11.5 Å². The highest BCUT2D eigenvalue weighted by Crippen LogP contribution is 2.41. The summed E-state index contributed by atoms with van der Waals surface area (Å²) in [5.41, 5.74) is 3.13. The van der Waals surface area contributed by atoms with Gasteiger partial charge in [-0.2, -0.15) is 0 Å². The van der Waals surface area contributed by atoms with E-state index in [4.69, 9.17) is 4.74 Å². The summed E-state index contributed by atoms with van der Waals surface area (Å²) in [6.45, 7) is 15.1. The van der Waals surface area contributed by atoms with Crippen LogP contribution in [0.5, 0.6) is 5.75 Å². The van der Waals surface area contributed by atoms with Crippen LogP contribution in [0.4, 0.5) is 0 Å². The SMILES string of the molecule is CCN(CC)CCN1C(=O)C(=O)/C(=C(\O)c2ccc(OC)c(C(C)(C)C)c2)C1c1cccc(C)c1. The first kappa shape index (κ1) is 26.5. The summed E-state index contributed by atoms with van der Waals surface area (Å²) in [6, 6.07) is 12.5. The molecule has 2 aromatic carbocycles. The van der Waals surface area contributed by atoms with E-state index in [9.17, 15) is 14.7 Å². The summed E-state index contributed by atoms with van der Waals surface area (Å²) in [5.74, 6) is -0.672. The molecular weight excluding hydrogens is 440 g/mol. The molecule has 0 radical (unpaired) electrons. The van der Waals surface area contributed by atoms with Crippen LogP contribution in [-0.4, -0.2) is 59.9 Å². The standard InChI is InChI=1S/C29H38N2O4/c1-8-30(9-2)15-16-31-25(20-12-10-11-19(3)17-20)24(27(33)28(31)34)26(32)21-13-14-23(35-7)22(18-21)29(4,5)6/h10-14,17-18,25,32H,8-9,15-16H2,1-7H3/b26-24-. The second kappa shape index (κ2) is 10.6. The molecule has 0 aliphatic carbocycles. The maximum atomic E-state index is 13.3. The molecule has 0 aromatic heterocycles. The van der Waals surface area contributed by atoms with Crippen LogP contribution >= 0.6 is 0 Å². The zero-order chi connectivity index (χ0) is 25.9. The van der Waals surface area contributed by atoms with Crippen LogP contribution in [0.25, 0.3) is 5.76 Å². The number of likely N-dealkylation sites (tertiary alicyclic amines) is 1. The van der Waals surface area contributed by atoms with Crippen LogP contribution in [0.3, 0.4) is 0 Å². The van der Waals surface area contributed by atoms with Crippen molar-refractivity contribution in [2.45, 2.75) is 53.0 Å². The van der Waals surface area contributed by atoms with Gasteiger partial charge < -0.3 is 19.6 Å². The number of hydrogen-bond acceptors (Lipinski definition) is 5. The van der Waals surface area contributed by atoms with E-state index in [0.717, 1.165) is 29.8 Å². The van der Waals surface area contributed by atoms with Crippen LogP contribution in [0, 0.1) is 6.92 Å². The lowest BCUT2D eigenvalue weighted by molar-refractivity contribution is -0.140. The van der Waals surface area contributed by atoms with Crippen molar-refractivity contribution in [1.82, 2.24) is 9.80 Å². The number of carbonyl (C=O) groups is 2. The summed E-state index contributed by atoms with van der Waals surface area (Å²) in [4.78, 5) is 30.4. The van der Waals surface area contributed by atoms with Crippen LogP contribution < -0.4 is 4.74 Å². The topological polar surface area (TPSA) is 70.1 Å². The highest BCUT2D eigenvalue weighted by Gasteiger charge is 2.46. The average molecular weight is 479 g/mol. The number of benzene rings is 2. The molecule has 1 atom stereocenters. The summed E-state index contributed by atoms with van der Waals surface area (Å²) in [5, 5.41) is 11.5. The fraction of sp³-hybridized carbons (Fsp3) is 0.448. The Labute approximate surface area is 209 Å². The van der Waals surface area contributed by atoms with E-state index in [-0.39, 0.29) is 16.7 Å². The minimum atomic E-state index is -0.651.